The maximum atomic E-state index is 2.44. The van der Waals surface area contributed by atoms with Gasteiger partial charge in [-0.05, 0) is 35.5 Å². The van der Waals surface area contributed by atoms with Gasteiger partial charge in [0.2, 0.25) is 0 Å². The SMILES string of the molecule is CCC(C)(C)C(C)(C)CC(C)CC(C)C. The number of rotatable bonds is 6. The van der Waals surface area contributed by atoms with E-state index in [1.165, 1.54) is 19.3 Å². The third-order valence-electron chi connectivity index (χ3n) is 4.45. The summed E-state index contributed by atoms with van der Waals surface area (Å²) in [5, 5.41) is 0. The molecular weight excluding hydrogens is 180 g/mol. The first-order valence-corrected chi connectivity index (χ1v) is 6.62. The summed E-state index contributed by atoms with van der Waals surface area (Å²) in [7, 11) is 0. The van der Waals surface area contributed by atoms with Crippen LogP contribution >= 0.6 is 0 Å². The second-order valence-electron chi connectivity index (χ2n) is 7.06. The van der Waals surface area contributed by atoms with Crippen molar-refractivity contribution in [3.05, 3.63) is 0 Å². The van der Waals surface area contributed by atoms with Gasteiger partial charge in [-0.15, -0.1) is 0 Å². The van der Waals surface area contributed by atoms with Crippen molar-refractivity contribution in [2.75, 3.05) is 0 Å². The quantitative estimate of drug-likeness (QED) is 0.543. The van der Waals surface area contributed by atoms with Gasteiger partial charge in [0.25, 0.3) is 0 Å². The third-order valence-corrected chi connectivity index (χ3v) is 4.45. The van der Waals surface area contributed by atoms with Gasteiger partial charge in [-0.3, -0.25) is 0 Å². The van der Waals surface area contributed by atoms with E-state index >= 15 is 0 Å². The maximum Gasteiger partial charge on any atom is -0.0300 e. The molecule has 1 unspecified atom stereocenters. The van der Waals surface area contributed by atoms with Crippen molar-refractivity contribution in [3.8, 4) is 0 Å². The zero-order chi connectivity index (χ0) is 12.3. The van der Waals surface area contributed by atoms with Crippen LogP contribution in [-0.2, 0) is 0 Å². The van der Waals surface area contributed by atoms with Crippen LogP contribution in [0.25, 0.3) is 0 Å². The van der Waals surface area contributed by atoms with Crippen molar-refractivity contribution < 1.29 is 0 Å². The summed E-state index contributed by atoms with van der Waals surface area (Å²) in [6.45, 7) is 19.1. The van der Waals surface area contributed by atoms with Crippen molar-refractivity contribution in [1.82, 2.24) is 0 Å². The molecule has 92 valence electrons. The molecule has 0 heteroatoms. The Morgan fingerprint density at radius 3 is 1.67 bits per heavy atom. The molecule has 0 aromatic rings. The Hall–Kier alpha value is 0. The standard InChI is InChI=1S/C15H32/c1-9-14(5,6)15(7,8)11-13(4)10-12(2)3/h12-13H,9-11H2,1-8H3. The lowest BCUT2D eigenvalue weighted by molar-refractivity contribution is 0.0720. The van der Waals surface area contributed by atoms with Crippen LogP contribution < -0.4 is 0 Å². The lowest BCUT2D eigenvalue weighted by Gasteiger charge is -2.43. The minimum absolute atomic E-state index is 0.454. The van der Waals surface area contributed by atoms with Crippen LogP contribution in [0.3, 0.4) is 0 Å². The van der Waals surface area contributed by atoms with Crippen LogP contribution in [0.2, 0.25) is 0 Å². The molecule has 0 fully saturated rings. The summed E-state index contributed by atoms with van der Waals surface area (Å²) in [5.74, 6) is 1.69. The molecule has 0 aromatic heterocycles. The Morgan fingerprint density at radius 2 is 1.33 bits per heavy atom. The lowest BCUT2D eigenvalue weighted by Crippen LogP contribution is -2.33. The van der Waals surface area contributed by atoms with Crippen LogP contribution in [0.15, 0.2) is 0 Å². The largest absolute Gasteiger partial charge is 0.0649 e. The van der Waals surface area contributed by atoms with Gasteiger partial charge < -0.3 is 0 Å². The van der Waals surface area contributed by atoms with Gasteiger partial charge in [0.1, 0.15) is 0 Å². The summed E-state index contributed by atoms with van der Waals surface area (Å²) in [5.41, 5.74) is 0.911. The number of hydrogen-bond acceptors (Lipinski definition) is 0. The zero-order valence-corrected chi connectivity index (χ0v) is 12.3. The van der Waals surface area contributed by atoms with Gasteiger partial charge in [0, 0.05) is 0 Å². The van der Waals surface area contributed by atoms with E-state index in [4.69, 9.17) is 0 Å². The number of hydrogen-bond donors (Lipinski definition) is 0. The molecule has 0 aliphatic heterocycles. The van der Waals surface area contributed by atoms with E-state index in [9.17, 15) is 0 Å². The van der Waals surface area contributed by atoms with Crippen molar-refractivity contribution in [3.63, 3.8) is 0 Å². The zero-order valence-electron chi connectivity index (χ0n) is 12.3. The second kappa shape index (κ2) is 5.37. The minimum atomic E-state index is 0.454. The molecule has 0 nitrogen and oxygen atoms in total. The highest BCUT2D eigenvalue weighted by Crippen LogP contribution is 2.46. The molecule has 0 N–H and O–H groups in total. The molecule has 0 aliphatic rings. The Balaban J connectivity index is 4.37. The molecule has 0 spiro atoms. The normalized spacial score (nSPS) is 15.8. The molecule has 0 amide bonds. The van der Waals surface area contributed by atoms with Gasteiger partial charge in [-0.1, -0.05) is 61.8 Å². The summed E-state index contributed by atoms with van der Waals surface area (Å²) >= 11 is 0. The molecular formula is C15H32. The van der Waals surface area contributed by atoms with Crippen LogP contribution in [0.1, 0.15) is 74.7 Å². The topological polar surface area (TPSA) is 0 Å². The predicted octanol–water partition coefficient (Wildman–Crippen LogP) is 5.52. The highest BCUT2D eigenvalue weighted by Gasteiger charge is 2.36. The van der Waals surface area contributed by atoms with Crippen molar-refractivity contribution in [2.45, 2.75) is 74.7 Å². The summed E-state index contributed by atoms with van der Waals surface area (Å²) < 4.78 is 0. The van der Waals surface area contributed by atoms with E-state index in [-0.39, 0.29) is 0 Å². The van der Waals surface area contributed by atoms with Gasteiger partial charge in [0.15, 0.2) is 0 Å². The Kier molecular flexibility index (Phi) is 5.37. The maximum absolute atomic E-state index is 2.44. The monoisotopic (exact) mass is 212 g/mol. The molecule has 0 aliphatic carbocycles. The first-order chi connectivity index (χ1) is 6.62. The van der Waals surface area contributed by atoms with E-state index < -0.39 is 0 Å². The molecule has 0 heterocycles. The van der Waals surface area contributed by atoms with Crippen molar-refractivity contribution in [1.29, 1.82) is 0 Å². The predicted molar refractivity (Wildman–Crippen MR) is 71.1 cm³/mol. The molecule has 0 radical (unpaired) electrons. The first-order valence-electron chi connectivity index (χ1n) is 6.62. The van der Waals surface area contributed by atoms with Gasteiger partial charge in [0.05, 0.1) is 0 Å². The molecule has 0 aromatic carbocycles. The molecule has 0 saturated carbocycles. The lowest BCUT2D eigenvalue weighted by atomic mass is 9.62. The van der Waals surface area contributed by atoms with E-state index in [1.807, 2.05) is 0 Å². The third kappa shape index (κ3) is 4.57. The average Bonchev–Trinajstić information content (AvgIpc) is 2.00. The molecule has 0 saturated heterocycles. The van der Waals surface area contributed by atoms with Crippen molar-refractivity contribution in [2.24, 2.45) is 22.7 Å². The van der Waals surface area contributed by atoms with E-state index in [2.05, 4.69) is 55.4 Å². The summed E-state index contributed by atoms with van der Waals surface area (Å²) in [4.78, 5) is 0. The van der Waals surface area contributed by atoms with Gasteiger partial charge in [-0.25, -0.2) is 0 Å². The molecule has 15 heavy (non-hydrogen) atoms. The average molecular weight is 212 g/mol. The van der Waals surface area contributed by atoms with E-state index in [0.717, 1.165) is 11.8 Å². The second-order valence-corrected chi connectivity index (χ2v) is 7.06. The first kappa shape index (κ1) is 15.0. The highest BCUT2D eigenvalue weighted by atomic mass is 14.4. The fraction of sp³-hybridized carbons (Fsp3) is 1.00. The highest BCUT2D eigenvalue weighted by molar-refractivity contribution is 4.86. The van der Waals surface area contributed by atoms with Crippen LogP contribution in [0.4, 0.5) is 0 Å². The minimum Gasteiger partial charge on any atom is -0.0649 e. The molecule has 0 rings (SSSR count). The Labute approximate surface area is 97.8 Å². The van der Waals surface area contributed by atoms with E-state index in [0.29, 0.717) is 10.8 Å². The van der Waals surface area contributed by atoms with Crippen molar-refractivity contribution >= 4 is 0 Å². The van der Waals surface area contributed by atoms with Crippen LogP contribution in [-0.4, -0.2) is 0 Å². The van der Waals surface area contributed by atoms with Gasteiger partial charge >= 0.3 is 0 Å². The Bertz CT molecular complexity index is 174. The summed E-state index contributed by atoms with van der Waals surface area (Å²) in [6.07, 6.45) is 3.99. The van der Waals surface area contributed by atoms with Crippen LogP contribution in [0.5, 0.6) is 0 Å². The fourth-order valence-electron chi connectivity index (χ4n) is 2.51. The fourth-order valence-corrected chi connectivity index (χ4v) is 2.51. The molecule has 0 bridgehead atoms. The van der Waals surface area contributed by atoms with Crippen LogP contribution in [0, 0.1) is 22.7 Å². The van der Waals surface area contributed by atoms with E-state index in [1.54, 1.807) is 0 Å². The van der Waals surface area contributed by atoms with Gasteiger partial charge in [-0.2, -0.15) is 0 Å². The molecule has 1 atom stereocenters. The summed E-state index contributed by atoms with van der Waals surface area (Å²) in [6, 6.07) is 0. The Morgan fingerprint density at radius 1 is 0.867 bits per heavy atom. The smallest absolute Gasteiger partial charge is 0.0300 e.